The molecule has 5 heteroatoms. The fourth-order valence-electron chi connectivity index (χ4n) is 2.74. The van der Waals surface area contributed by atoms with E-state index in [0.29, 0.717) is 27.8 Å². The van der Waals surface area contributed by atoms with Crippen molar-refractivity contribution in [2.75, 3.05) is 0 Å². The number of carbonyl (C=O) groups is 1. The van der Waals surface area contributed by atoms with Crippen LogP contribution in [-0.4, -0.2) is 15.6 Å². The highest BCUT2D eigenvalue weighted by atomic mass is 35.5. The topological polar surface area (TPSA) is 42.2 Å². The maximum absolute atomic E-state index is 11.6. The first-order valence-corrected chi connectivity index (χ1v) is 7.49. The van der Waals surface area contributed by atoms with E-state index in [4.69, 9.17) is 23.2 Å². The summed E-state index contributed by atoms with van der Waals surface area (Å²) in [6, 6.07) is 12.7. The number of halogens is 2. The maximum atomic E-state index is 11.6. The Morgan fingerprint density at radius 1 is 1.18 bits per heavy atom. The first-order chi connectivity index (χ1) is 10.5. The minimum atomic E-state index is -0.926. The van der Waals surface area contributed by atoms with Crippen molar-refractivity contribution < 1.29 is 9.90 Å². The maximum Gasteiger partial charge on any atom is 0.338 e. The Bertz CT molecular complexity index is 884. The number of aromatic carboxylic acids is 1. The number of benzene rings is 2. The van der Waals surface area contributed by atoms with Gasteiger partial charge in [0.05, 0.1) is 5.56 Å². The van der Waals surface area contributed by atoms with E-state index < -0.39 is 5.97 Å². The van der Waals surface area contributed by atoms with Gasteiger partial charge in [0.1, 0.15) is 0 Å². The molecule has 3 nitrogen and oxygen atoms in total. The first kappa shape index (κ1) is 14.9. The molecule has 0 aliphatic heterocycles. The van der Waals surface area contributed by atoms with E-state index in [1.807, 2.05) is 35.8 Å². The van der Waals surface area contributed by atoms with Crippen LogP contribution >= 0.6 is 23.2 Å². The molecular formula is C17H13Cl2NO2. The van der Waals surface area contributed by atoms with Crippen LogP contribution in [0.15, 0.2) is 42.5 Å². The molecule has 3 aromatic rings. The Morgan fingerprint density at radius 2 is 1.91 bits per heavy atom. The lowest BCUT2D eigenvalue weighted by molar-refractivity contribution is 0.0698. The van der Waals surface area contributed by atoms with Gasteiger partial charge in [0.15, 0.2) is 0 Å². The second-order valence-corrected chi connectivity index (χ2v) is 5.95. The number of para-hydroxylation sites is 1. The highest BCUT2D eigenvalue weighted by Gasteiger charge is 2.19. The zero-order valence-corrected chi connectivity index (χ0v) is 13.3. The summed E-state index contributed by atoms with van der Waals surface area (Å²) in [6.45, 7) is 2.28. The molecule has 1 aromatic heterocycles. The van der Waals surface area contributed by atoms with E-state index in [-0.39, 0.29) is 0 Å². The van der Waals surface area contributed by atoms with Gasteiger partial charge in [-0.1, -0.05) is 41.4 Å². The molecule has 1 N–H and O–H groups in total. The third kappa shape index (κ3) is 2.47. The normalized spacial score (nSPS) is 11.0. The first-order valence-electron chi connectivity index (χ1n) is 6.74. The molecule has 3 rings (SSSR count). The van der Waals surface area contributed by atoms with E-state index in [1.54, 1.807) is 18.2 Å². The van der Waals surface area contributed by atoms with Gasteiger partial charge in [-0.15, -0.1) is 0 Å². The van der Waals surface area contributed by atoms with Crippen molar-refractivity contribution in [2.45, 2.75) is 13.5 Å². The van der Waals surface area contributed by atoms with Crippen LogP contribution in [0.3, 0.4) is 0 Å². The lowest BCUT2D eigenvalue weighted by atomic mass is 10.1. The van der Waals surface area contributed by atoms with Crippen molar-refractivity contribution in [3.05, 3.63) is 69.3 Å². The van der Waals surface area contributed by atoms with Crippen molar-refractivity contribution in [1.82, 2.24) is 4.57 Å². The molecule has 0 fully saturated rings. The van der Waals surface area contributed by atoms with Gasteiger partial charge in [0.25, 0.3) is 0 Å². The summed E-state index contributed by atoms with van der Waals surface area (Å²) in [7, 11) is 0. The fraction of sp³-hybridized carbons (Fsp3) is 0.118. The van der Waals surface area contributed by atoms with E-state index >= 15 is 0 Å². The number of aromatic nitrogens is 1. The Balaban J connectivity index is 2.21. The molecule has 0 saturated carbocycles. The van der Waals surface area contributed by atoms with Crippen molar-refractivity contribution in [1.29, 1.82) is 0 Å². The predicted molar refractivity (Wildman–Crippen MR) is 89.2 cm³/mol. The van der Waals surface area contributed by atoms with E-state index in [1.165, 1.54) is 0 Å². The predicted octanol–water partition coefficient (Wildman–Crippen LogP) is 5.00. The van der Waals surface area contributed by atoms with Crippen molar-refractivity contribution in [3.63, 3.8) is 0 Å². The summed E-state index contributed by atoms with van der Waals surface area (Å²) < 4.78 is 1.95. The molecule has 0 aliphatic rings. The summed E-state index contributed by atoms with van der Waals surface area (Å²) in [5, 5.41) is 11.4. The van der Waals surface area contributed by atoms with Gasteiger partial charge in [-0.2, -0.15) is 0 Å². The molecule has 2 aromatic carbocycles. The van der Waals surface area contributed by atoms with Gasteiger partial charge < -0.3 is 9.67 Å². The molecule has 22 heavy (non-hydrogen) atoms. The zero-order chi connectivity index (χ0) is 15.9. The summed E-state index contributed by atoms with van der Waals surface area (Å²) in [6.07, 6.45) is 0. The highest BCUT2D eigenvalue weighted by molar-refractivity contribution is 6.33. The van der Waals surface area contributed by atoms with Crippen LogP contribution in [0.1, 0.15) is 21.6 Å². The van der Waals surface area contributed by atoms with Gasteiger partial charge in [0, 0.05) is 33.2 Å². The Hall–Kier alpha value is -1.97. The molecule has 0 atom stereocenters. The monoisotopic (exact) mass is 333 g/mol. The van der Waals surface area contributed by atoms with E-state index in [9.17, 15) is 9.90 Å². The molecule has 112 valence electrons. The van der Waals surface area contributed by atoms with E-state index in [2.05, 4.69) is 0 Å². The molecule has 0 unspecified atom stereocenters. The SMILES string of the molecule is Cc1c(C(=O)O)c2ccccc2n1Cc1cc(Cl)ccc1Cl. The van der Waals surface area contributed by atoms with Crippen molar-refractivity contribution in [3.8, 4) is 0 Å². The van der Waals surface area contributed by atoms with Crippen LogP contribution in [0.25, 0.3) is 10.9 Å². The second-order valence-electron chi connectivity index (χ2n) is 5.10. The molecule has 0 spiro atoms. The summed E-state index contributed by atoms with van der Waals surface area (Å²) >= 11 is 12.3. The van der Waals surface area contributed by atoms with Crippen molar-refractivity contribution >= 4 is 40.1 Å². The van der Waals surface area contributed by atoms with Crippen LogP contribution in [-0.2, 0) is 6.54 Å². The Labute approximate surface area is 137 Å². The molecule has 0 amide bonds. The molecule has 0 aliphatic carbocycles. The Kier molecular flexibility index (Phi) is 3.85. The van der Waals surface area contributed by atoms with Crippen LogP contribution in [0.5, 0.6) is 0 Å². The quantitative estimate of drug-likeness (QED) is 0.732. The van der Waals surface area contributed by atoms with Gasteiger partial charge in [0.2, 0.25) is 0 Å². The number of nitrogens with zero attached hydrogens (tertiary/aromatic N) is 1. The largest absolute Gasteiger partial charge is 0.478 e. The van der Waals surface area contributed by atoms with Crippen LogP contribution in [0.2, 0.25) is 10.0 Å². The summed E-state index contributed by atoms with van der Waals surface area (Å²) in [5.74, 6) is -0.926. The van der Waals surface area contributed by atoms with Crippen LogP contribution in [0, 0.1) is 6.92 Å². The smallest absolute Gasteiger partial charge is 0.338 e. The number of hydrogen-bond acceptors (Lipinski definition) is 1. The zero-order valence-electron chi connectivity index (χ0n) is 11.8. The molecule has 0 saturated heterocycles. The minimum Gasteiger partial charge on any atom is -0.478 e. The lowest BCUT2D eigenvalue weighted by Crippen LogP contribution is -2.05. The van der Waals surface area contributed by atoms with Gasteiger partial charge in [-0.25, -0.2) is 4.79 Å². The molecular weight excluding hydrogens is 321 g/mol. The standard InChI is InChI=1S/C17H13Cl2NO2/c1-10-16(17(21)22)13-4-2-3-5-15(13)20(10)9-11-8-12(18)6-7-14(11)19/h2-8H,9H2,1H3,(H,21,22). The van der Waals surface area contributed by atoms with Gasteiger partial charge in [-0.3, -0.25) is 0 Å². The molecule has 1 heterocycles. The van der Waals surface area contributed by atoms with Crippen LogP contribution in [0.4, 0.5) is 0 Å². The molecule has 0 bridgehead atoms. The highest BCUT2D eigenvalue weighted by Crippen LogP contribution is 2.29. The number of rotatable bonds is 3. The fourth-order valence-corrected chi connectivity index (χ4v) is 3.11. The van der Waals surface area contributed by atoms with Gasteiger partial charge >= 0.3 is 5.97 Å². The number of fused-ring (bicyclic) bond motifs is 1. The van der Waals surface area contributed by atoms with Crippen molar-refractivity contribution in [2.24, 2.45) is 0 Å². The third-order valence-electron chi connectivity index (χ3n) is 3.78. The number of carboxylic acid groups (broad SMARTS) is 1. The van der Waals surface area contributed by atoms with Crippen LogP contribution < -0.4 is 0 Å². The lowest BCUT2D eigenvalue weighted by Gasteiger charge is -2.10. The second kappa shape index (κ2) is 5.67. The number of carboxylic acids is 1. The number of hydrogen-bond donors (Lipinski definition) is 1. The average molecular weight is 334 g/mol. The Morgan fingerprint density at radius 3 is 2.64 bits per heavy atom. The third-order valence-corrected chi connectivity index (χ3v) is 4.38. The minimum absolute atomic E-state index is 0.328. The molecule has 0 radical (unpaired) electrons. The summed E-state index contributed by atoms with van der Waals surface area (Å²) in [5.41, 5.74) is 2.75. The van der Waals surface area contributed by atoms with E-state index in [0.717, 1.165) is 16.5 Å². The summed E-state index contributed by atoms with van der Waals surface area (Å²) in [4.78, 5) is 11.6. The average Bonchev–Trinajstić information content (AvgIpc) is 2.76. The van der Waals surface area contributed by atoms with Gasteiger partial charge in [-0.05, 0) is 36.8 Å².